The van der Waals surface area contributed by atoms with E-state index in [1.807, 2.05) is 0 Å². The van der Waals surface area contributed by atoms with Gasteiger partial charge in [-0.2, -0.15) is 13.2 Å². The van der Waals surface area contributed by atoms with Gasteiger partial charge in [-0.25, -0.2) is 0 Å². The molecule has 1 aliphatic heterocycles. The first-order valence-corrected chi connectivity index (χ1v) is 7.49. The molecule has 1 aromatic heterocycles. The van der Waals surface area contributed by atoms with Crippen molar-refractivity contribution in [3.05, 3.63) is 35.0 Å². The molecule has 132 valence electrons. The molecule has 0 unspecified atom stereocenters. The van der Waals surface area contributed by atoms with Gasteiger partial charge in [0.1, 0.15) is 6.54 Å². The van der Waals surface area contributed by atoms with Crippen LogP contribution in [0.25, 0.3) is 10.9 Å². The summed E-state index contributed by atoms with van der Waals surface area (Å²) in [5, 5.41) is 3.72. The van der Waals surface area contributed by atoms with Crippen molar-refractivity contribution < 1.29 is 22.7 Å². The van der Waals surface area contributed by atoms with Crippen LogP contribution in [-0.2, 0) is 35.2 Å². The first-order valence-electron chi connectivity index (χ1n) is 7.49. The minimum Gasteiger partial charge on any atom is -0.465 e. The summed E-state index contributed by atoms with van der Waals surface area (Å²) >= 11 is 0. The molecule has 0 spiro atoms. The molecule has 8 heteroatoms. The summed E-state index contributed by atoms with van der Waals surface area (Å²) in [5.41, 5.74) is 1.71. The largest absolute Gasteiger partial charge is 0.465 e. The Balaban J connectivity index is 0.00000208. The van der Waals surface area contributed by atoms with Gasteiger partial charge in [-0.1, -0.05) is 0 Å². The molecule has 2 aromatic rings. The van der Waals surface area contributed by atoms with Crippen LogP contribution in [0.3, 0.4) is 0 Å². The Morgan fingerprint density at radius 1 is 1.38 bits per heavy atom. The lowest BCUT2D eigenvalue weighted by atomic mass is 10.0. The second-order valence-electron chi connectivity index (χ2n) is 5.47. The SMILES string of the molecule is CCOC(=O)Cn1c2c(c3cc(C(F)(F)F)ccc31)CNCC2.Cl. The zero-order valence-corrected chi connectivity index (χ0v) is 13.9. The van der Waals surface area contributed by atoms with Crippen LogP contribution < -0.4 is 5.32 Å². The van der Waals surface area contributed by atoms with Gasteiger partial charge >= 0.3 is 12.1 Å². The smallest absolute Gasteiger partial charge is 0.416 e. The highest BCUT2D eigenvalue weighted by Crippen LogP contribution is 2.35. The molecule has 0 fully saturated rings. The minimum absolute atomic E-state index is 0. The van der Waals surface area contributed by atoms with Gasteiger partial charge in [0.05, 0.1) is 12.2 Å². The van der Waals surface area contributed by atoms with E-state index in [4.69, 9.17) is 4.74 Å². The lowest BCUT2D eigenvalue weighted by molar-refractivity contribution is -0.143. The molecule has 0 atom stereocenters. The first kappa shape index (κ1) is 18.6. The van der Waals surface area contributed by atoms with Crippen LogP contribution in [-0.4, -0.2) is 23.7 Å². The van der Waals surface area contributed by atoms with Crippen LogP contribution in [0.15, 0.2) is 18.2 Å². The summed E-state index contributed by atoms with van der Waals surface area (Å²) in [6, 6.07) is 3.67. The summed E-state index contributed by atoms with van der Waals surface area (Å²) in [6.07, 6.45) is -3.71. The average Bonchev–Trinajstić information content (AvgIpc) is 2.81. The predicted molar refractivity (Wildman–Crippen MR) is 86.2 cm³/mol. The monoisotopic (exact) mass is 362 g/mol. The van der Waals surface area contributed by atoms with Gasteiger partial charge in [0.25, 0.3) is 0 Å². The number of alkyl halides is 3. The Kier molecular flexibility index (Phi) is 5.45. The maximum atomic E-state index is 13.0. The summed E-state index contributed by atoms with van der Waals surface area (Å²) < 4.78 is 45.7. The zero-order chi connectivity index (χ0) is 16.6. The van der Waals surface area contributed by atoms with Crippen LogP contribution in [0.5, 0.6) is 0 Å². The normalized spacial score (nSPS) is 14.2. The molecule has 1 N–H and O–H groups in total. The highest BCUT2D eigenvalue weighted by Gasteiger charge is 2.32. The Labute approximate surface area is 143 Å². The third-order valence-electron chi connectivity index (χ3n) is 4.05. The Morgan fingerprint density at radius 2 is 2.12 bits per heavy atom. The van der Waals surface area contributed by atoms with E-state index in [-0.39, 0.29) is 31.5 Å². The third-order valence-corrected chi connectivity index (χ3v) is 4.05. The third kappa shape index (κ3) is 3.37. The number of ether oxygens (including phenoxy) is 1. The number of halogens is 4. The van der Waals surface area contributed by atoms with Gasteiger partial charge in [0, 0.05) is 36.1 Å². The number of nitrogens with zero attached hydrogens (tertiary/aromatic N) is 1. The number of carbonyl (C=O) groups excluding carboxylic acids is 1. The molecule has 0 saturated carbocycles. The van der Waals surface area contributed by atoms with Crippen LogP contribution in [0.2, 0.25) is 0 Å². The molecule has 0 amide bonds. The van der Waals surface area contributed by atoms with E-state index in [0.29, 0.717) is 23.9 Å². The number of aromatic nitrogens is 1. The molecule has 1 aliphatic rings. The van der Waals surface area contributed by atoms with Crippen molar-refractivity contribution in [2.24, 2.45) is 0 Å². The topological polar surface area (TPSA) is 43.3 Å². The fourth-order valence-corrected chi connectivity index (χ4v) is 3.07. The number of rotatable bonds is 3. The standard InChI is InChI=1S/C16H17F3N2O2.ClH/c1-2-23-15(22)9-21-13-4-3-10(16(17,18)19)7-11(13)12-8-20-6-5-14(12)21;/h3-4,7,20H,2,5-6,8-9H2,1H3;1H. The van der Waals surface area contributed by atoms with E-state index < -0.39 is 11.7 Å². The van der Waals surface area contributed by atoms with Crippen LogP contribution in [0.1, 0.15) is 23.7 Å². The number of esters is 1. The van der Waals surface area contributed by atoms with E-state index in [1.54, 1.807) is 11.5 Å². The Morgan fingerprint density at radius 3 is 2.79 bits per heavy atom. The van der Waals surface area contributed by atoms with Gasteiger partial charge in [0.15, 0.2) is 0 Å². The Bertz CT molecular complexity index is 756. The van der Waals surface area contributed by atoms with Gasteiger partial charge in [-0.15, -0.1) is 12.4 Å². The van der Waals surface area contributed by atoms with Crippen molar-refractivity contribution in [2.75, 3.05) is 13.2 Å². The summed E-state index contributed by atoms with van der Waals surface area (Å²) in [4.78, 5) is 11.8. The molecule has 24 heavy (non-hydrogen) atoms. The first-order chi connectivity index (χ1) is 10.9. The molecular formula is C16H18ClF3N2O2. The lowest BCUT2D eigenvalue weighted by Gasteiger charge is -2.16. The van der Waals surface area contributed by atoms with Gasteiger partial charge in [-0.3, -0.25) is 4.79 Å². The number of carbonyl (C=O) groups is 1. The quantitative estimate of drug-likeness (QED) is 0.852. The van der Waals surface area contributed by atoms with Crippen LogP contribution >= 0.6 is 12.4 Å². The minimum atomic E-state index is -4.38. The molecule has 0 bridgehead atoms. The van der Waals surface area contributed by atoms with Crippen LogP contribution in [0.4, 0.5) is 13.2 Å². The molecule has 3 rings (SSSR count). The summed E-state index contributed by atoms with van der Waals surface area (Å²) in [7, 11) is 0. The molecule has 2 heterocycles. The van der Waals surface area contributed by atoms with E-state index in [1.165, 1.54) is 12.1 Å². The highest BCUT2D eigenvalue weighted by atomic mass is 35.5. The molecule has 1 aromatic carbocycles. The number of nitrogens with one attached hydrogen (secondary N) is 1. The van der Waals surface area contributed by atoms with Gasteiger partial charge < -0.3 is 14.6 Å². The molecule has 0 saturated heterocycles. The maximum Gasteiger partial charge on any atom is 0.416 e. The molecule has 4 nitrogen and oxygen atoms in total. The van der Waals surface area contributed by atoms with E-state index in [0.717, 1.165) is 23.9 Å². The van der Waals surface area contributed by atoms with E-state index >= 15 is 0 Å². The van der Waals surface area contributed by atoms with Crippen molar-refractivity contribution in [1.29, 1.82) is 0 Å². The van der Waals surface area contributed by atoms with Crippen molar-refractivity contribution >= 4 is 29.3 Å². The van der Waals surface area contributed by atoms with Gasteiger partial charge in [-0.05, 0) is 30.7 Å². The second-order valence-corrected chi connectivity index (χ2v) is 5.47. The van der Waals surface area contributed by atoms with Gasteiger partial charge in [0.2, 0.25) is 0 Å². The predicted octanol–water partition coefficient (Wildman–Crippen LogP) is 3.29. The number of benzene rings is 1. The van der Waals surface area contributed by atoms with E-state index in [2.05, 4.69) is 5.32 Å². The fourth-order valence-electron chi connectivity index (χ4n) is 3.07. The number of hydrogen-bond acceptors (Lipinski definition) is 3. The summed E-state index contributed by atoms with van der Waals surface area (Å²) in [5.74, 6) is -0.384. The molecule has 0 radical (unpaired) electrons. The van der Waals surface area contributed by atoms with Crippen molar-refractivity contribution in [2.45, 2.75) is 32.6 Å². The zero-order valence-electron chi connectivity index (χ0n) is 13.1. The lowest BCUT2D eigenvalue weighted by Crippen LogP contribution is -2.25. The van der Waals surface area contributed by atoms with Crippen molar-refractivity contribution in [3.8, 4) is 0 Å². The molecular weight excluding hydrogens is 345 g/mol. The second kappa shape index (κ2) is 7.03. The highest BCUT2D eigenvalue weighted by molar-refractivity contribution is 5.88. The fraction of sp³-hybridized carbons (Fsp3) is 0.438. The van der Waals surface area contributed by atoms with Crippen molar-refractivity contribution in [3.63, 3.8) is 0 Å². The number of hydrogen-bond donors (Lipinski definition) is 1. The molecule has 0 aliphatic carbocycles. The Hall–Kier alpha value is -1.73. The average molecular weight is 363 g/mol. The summed E-state index contributed by atoms with van der Waals surface area (Å²) in [6.45, 7) is 3.26. The maximum absolute atomic E-state index is 13.0. The van der Waals surface area contributed by atoms with E-state index in [9.17, 15) is 18.0 Å². The number of fused-ring (bicyclic) bond motifs is 3. The van der Waals surface area contributed by atoms with Crippen molar-refractivity contribution in [1.82, 2.24) is 9.88 Å². The van der Waals surface area contributed by atoms with Crippen LogP contribution in [0, 0.1) is 0 Å².